The van der Waals surface area contributed by atoms with Gasteiger partial charge in [-0.25, -0.2) is 24.7 Å². The van der Waals surface area contributed by atoms with Gasteiger partial charge in [-0.1, -0.05) is 19.3 Å². The van der Waals surface area contributed by atoms with E-state index in [1.165, 1.54) is 19.3 Å². The smallest absolute Gasteiger partial charge is 0.317 e. The molecule has 11 heteroatoms. The minimum Gasteiger partial charge on any atom is -0.378 e. The van der Waals surface area contributed by atoms with Crippen LogP contribution >= 0.6 is 0 Å². The largest absolute Gasteiger partial charge is 0.378 e. The second-order valence-corrected chi connectivity index (χ2v) is 9.53. The van der Waals surface area contributed by atoms with Gasteiger partial charge in [-0.05, 0) is 12.8 Å². The maximum atomic E-state index is 13.1. The minimum absolute atomic E-state index is 0.0205. The first-order chi connectivity index (χ1) is 17.2. The lowest BCUT2D eigenvalue weighted by atomic mass is 9.96. The van der Waals surface area contributed by atoms with E-state index in [4.69, 9.17) is 20.4 Å². The number of fused-ring (bicyclic) bond motifs is 3. The van der Waals surface area contributed by atoms with Gasteiger partial charge in [0.05, 0.1) is 36.8 Å². The molecule has 35 heavy (non-hydrogen) atoms. The molecule has 2 aliphatic heterocycles. The first-order valence-electron chi connectivity index (χ1n) is 12.5. The summed E-state index contributed by atoms with van der Waals surface area (Å²) in [5.41, 5.74) is 10.1. The molecule has 11 nitrogen and oxygen atoms in total. The van der Waals surface area contributed by atoms with Gasteiger partial charge in [0.2, 0.25) is 5.95 Å². The number of nitrogens with two attached hydrogens (primary N) is 1. The van der Waals surface area contributed by atoms with Crippen LogP contribution in [0.15, 0.2) is 18.6 Å². The number of aromatic nitrogens is 5. The van der Waals surface area contributed by atoms with Gasteiger partial charge in [0.1, 0.15) is 0 Å². The molecule has 6 rings (SSSR count). The molecule has 3 N–H and O–H groups in total. The Labute approximate surface area is 203 Å². The Hall–Kier alpha value is -3.47. The van der Waals surface area contributed by atoms with E-state index in [-0.39, 0.29) is 18.0 Å². The number of rotatable bonds is 3. The van der Waals surface area contributed by atoms with Crippen molar-refractivity contribution in [1.29, 1.82) is 0 Å². The number of hydrogen-bond acceptors (Lipinski definition) is 8. The normalized spacial score (nSPS) is 19.1. The SMILES string of the molecule is Nc1ncc(-c2cn3c4c(nc3c(N3CCOCC3)n2)CCN(C(=O)NC2CCCCC2)C4)cn1. The fourth-order valence-corrected chi connectivity index (χ4v) is 5.28. The molecule has 3 aromatic heterocycles. The molecular formula is C24H31N9O2. The van der Waals surface area contributed by atoms with Crippen molar-refractivity contribution in [3.8, 4) is 11.3 Å². The molecule has 0 bridgehead atoms. The number of nitrogens with zero attached hydrogens (tertiary/aromatic N) is 7. The number of nitrogens with one attached hydrogen (secondary N) is 1. The molecule has 0 radical (unpaired) electrons. The molecular weight excluding hydrogens is 446 g/mol. The highest BCUT2D eigenvalue weighted by molar-refractivity contribution is 5.75. The van der Waals surface area contributed by atoms with E-state index < -0.39 is 0 Å². The zero-order chi connectivity index (χ0) is 23.8. The van der Waals surface area contributed by atoms with Crippen LogP contribution in [0.2, 0.25) is 0 Å². The van der Waals surface area contributed by atoms with Crippen molar-refractivity contribution in [3.63, 3.8) is 0 Å². The van der Waals surface area contributed by atoms with Crippen LogP contribution in [0.25, 0.3) is 16.9 Å². The third-order valence-corrected chi connectivity index (χ3v) is 7.23. The molecule has 184 valence electrons. The number of urea groups is 1. The zero-order valence-corrected chi connectivity index (χ0v) is 19.8. The predicted molar refractivity (Wildman–Crippen MR) is 131 cm³/mol. The second kappa shape index (κ2) is 9.29. The Morgan fingerprint density at radius 3 is 2.60 bits per heavy atom. The average molecular weight is 478 g/mol. The summed E-state index contributed by atoms with van der Waals surface area (Å²) >= 11 is 0. The van der Waals surface area contributed by atoms with Crippen molar-refractivity contribution in [1.82, 2.24) is 34.6 Å². The summed E-state index contributed by atoms with van der Waals surface area (Å²) in [7, 11) is 0. The molecule has 1 aliphatic carbocycles. The molecule has 2 fully saturated rings. The standard InChI is InChI=1S/C24H31N9O2/c25-23-26-12-16(13-27-23)19-14-33-20-15-32(24(34)28-17-4-2-1-3-5-17)7-6-18(20)29-22(33)21(30-19)31-8-10-35-11-9-31/h12-14,17H,1-11,15H2,(H,28,34)(H2,25,26,27). The van der Waals surface area contributed by atoms with Crippen molar-refractivity contribution < 1.29 is 9.53 Å². The van der Waals surface area contributed by atoms with Crippen LogP contribution in [0.3, 0.4) is 0 Å². The topological polar surface area (TPSA) is 127 Å². The molecule has 1 saturated carbocycles. The number of carbonyl (C=O) groups is 1. The second-order valence-electron chi connectivity index (χ2n) is 9.53. The summed E-state index contributed by atoms with van der Waals surface area (Å²) < 4.78 is 7.66. The maximum Gasteiger partial charge on any atom is 0.317 e. The number of morpholine rings is 1. The number of ether oxygens (including phenoxy) is 1. The van der Waals surface area contributed by atoms with Crippen molar-refractivity contribution in [2.75, 3.05) is 43.5 Å². The lowest BCUT2D eigenvalue weighted by Crippen LogP contribution is -2.47. The lowest BCUT2D eigenvalue weighted by molar-refractivity contribution is 0.122. The van der Waals surface area contributed by atoms with E-state index in [2.05, 4.69) is 24.6 Å². The van der Waals surface area contributed by atoms with Gasteiger partial charge in [-0.2, -0.15) is 0 Å². The first-order valence-corrected chi connectivity index (χ1v) is 12.5. The Kier molecular flexibility index (Phi) is 5.85. The van der Waals surface area contributed by atoms with E-state index in [0.717, 1.165) is 66.5 Å². The van der Waals surface area contributed by atoms with E-state index in [9.17, 15) is 4.79 Å². The zero-order valence-electron chi connectivity index (χ0n) is 19.8. The van der Waals surface area contributed by atoms with Crippen LogP contribution in [0.1, 0.15) is 43.5 Å². The highest BCUT2D eigenvalue weighted by Gasteiger charge is 2.29. The van der Waals surface area contributed by atoms with E-state index in [1.54, 1.807) is 12.4 Å². The Balaban J connectivity index is 1.36. The van der Waals surface area contributed by atoms with Crippen molar-refractivity contribution in [3.05, 3.63) is 30.0 Å². The fourth-order valence-electron chi connectivity index (χ4n) is 5.28. The highest BCUT2D eigenvalue weighted by atomic mass is 16.5. The van der Waals surface area contributed by atoms with Gasteiger partial charge in [0.25, 0.3) is 0 Å². The van der Waals surface area contributed by atoms with Gasteiger partial charge < -0.3 is 25.6 Å². The number of imidazole rings is 1. The van der Waals surface area contributed by atoms with Crippen LogP contribution in [-0.2, 0) is 17.7 Å². The number of hydrogen-bond donors (Lipinski definition) is 2. The molecule has 3 aromatic rings. The van der Waals surface area contributed by atoms with Crippen LogP contribution < -0.4 is 16.0 Å². The molecule has 0 unspecified atom stereocenters. The summed E-state index contributed by atoms with van der Waals surface area (Å²) in [5, 5.41) is 3.26. The predicted octanol–water partition coefficient (Wildman–Crippen LogP) is 2.01. The van der Waals surface area contributed by atoms with E-state index in [0.29, 0.717) is 26.3 Å². The minimum atomic E-state index is 0.0205. The molecule has 2 amide bonds. The van der Waals surface area contributed by atoms with Crippen LogP contribution in [0.5, 0.6) is 0 Å². The summed E-state index contributed by atoms with van der Waals surface area (Å²) in [4.78, 5) is 35.5. The third-order valence-electron chi connectivity index (χ3n) is 7.23. The van der Waals surface area contributed by atoms with Crippen molar-refractivity contribution in [2.24, 2.45) is 0 Å². The molecule has 0 spiro atoms. The summed E-state index contributed by atoms with van der Waals surface area (Å²) in [6.45, 7) is 3.97. The lowest BCUT2D eigenvalue weighted by Gasteiger charge is -2.30. The van der Waals surface area contributed by atoms with Crippen LogP contribution in [0.4, 0.5) is 16.6 Å². The van der Waals surface area contributed by atoms with Gasteiger partial charge in [0, 0.05) is 56.3 Å². The van der Waals surface area contributed by atoms with Gasteiger partial charge in [0.15, 0.2) is 11.5 Å². The molecule has 1 saturated heterocycles. The molecule has 3 aliphatic rings. The van der Waals surface area contributed by atoms with Crippen molar-refractivity contribution >= 4 is 23.4 Å². The molecule has 0 aromatic carbocycles. The van der Waals surface area contributed by atoms with Gasteiger partial charge >= 0.3 is 6.03 Å². The number of carbonyl (C=O) groups excluding carboxylic acids is 1. The highest BCUT2D eigenvalue weighted by Crippen LogP contribution is 2.30. The van der Waals surface area contributed by atoms with Gasteiger partial charge in [-0.3, -0.25) is 4.40 Å². The van der Waals surface area contributed by atoms with E-state index in [1.807, 2.05) is 11.1 Å². The Morgan fingerprint density at radius 1 is 1.06 bits per heavy atom. The van der Waals surface area contributed by atoms with E-state index >= 15 is 0 Å². The quantitative estimate of drug-likeness (QED) is 0.587. The number of amides is 2. The average Bonchev–Trinajstić information content (AvgIpc) is 3.27. The Bertz CT molecular complexity index is 1210. The fraction of sp³-hybridized carbons (Fsp3) is 0.542. The summed E-state index contributed by atoms with van der Waals surface area (Å²) in [6.07, 6.45) is 11.9. The van der Waals surface area contributed by atoms with Gasteiger partial charge in [-0.15, -0.1) is 0 Å². The monoisotopic (exact) mass is 477 g/mol. The Morgan fingerprint density at radius 2 is 1.83 bits per heavy atom. The third kappa shape index (κ3) is 4.36. The van der Waals surface area contributed by atoms with Crippen LogP contribution in [-0.4, -0.2) is 74.2 Å². The number of nitrogen functional groups attached to an aromatic ring is 1. The molecule has 5 heterocycles. The first kappa shape index (κ1) is 22.0. The maximum absolute atomic E-state index is 13.1. The molecule has 0 atom stereocenters. The van der Waals surface area contributed by atoms with Crippen molar-refractivity contribution in [2.45, 2.75) is 51.1 Å². The summed E-state index contributed by atoms with van der Waals surface area (Å²) in [6, 6.07) is 0.307. The van der Waals surface area contributed by atoms with Crippen LogP contribution in [0, 0.1) is 0 Å². The number of anilines is 2. The summed E-state index contributed by atoms with van der Waals surface area (Å²) in [5.74, 6) is 1.04.